The first-order valence-electron chi connectivity index (χ1n) is 4.89. The molecule has 86 valence electrons. The van der Waals surface area contributed by atoms with E-state index in [0.29, 0.717) is 18.2 Å². The van der Waals surface area contributed by atoms with E-state index >= 15 is 0 Å². The van der Waals surface area contributed by atoms with Crippen molar-refractivity contribution in [1.29, 1.82) is 0 Å². The standard InChI is InChI=1S/C9H21NO2S2/c1-8(2)14(11,12)5-4-13-7-9(3)6-10/h8-9H,4-7,10H2,1-3H3. The molecule has 0 fully saturated rings. The van der Waals surface area contributed by atoms with E-state index in [-0.39, 0.29) is 11.0 Å². The van der Waals surface area contributed by atoms with E-state index in [4.69, 9.17) is 5.73 Å². The first kappa shape index (κ1) is 14.3. The maximum Gasteiger partial charge on any atom is 0.153 e. The molecule has 0 aromatic heterocycles. The predicted octanol–water partition coefficient (Wildman–Crippen LogP) is 1.14. The fraction of sp³-hybridized carbons (Fsp3) is 1.00. The van der Waals surface area contributed by atoms with Gasteiger partial charge in [-0.3, -0.25) is 0 Å². The van der Waals surface area contributed by atoms with Gasteiger partial charge < -0.3 is 5.73 Å². The highest BCUT2D eigenvalue weighted by Gasteiger charge is 2.15. The van der Waals surface area contributed by atoms with E-state index in [0.717, 1.165) is 5.75 Å². The van der Waals surface area contributed by atoms with Crippen molar-refractivity contribution in [3.63, 3.8) is 0 Å². The maximum atomic E-state index is 11.4. The van der Waals surface area contributed by atoms with Crippen LogP contribution in [0.25, 0.3) is 0 Å². The Labute approximate surface area is 91.7 Å². The molecule has 0 aliphatic rings. The fourth-order valence-electron chi connectivity index (χ4n) is 0.763. The van der Waals surface area contributed by atoms with Crippen molar-refractivity contribution in [2.75, 3.05) is 23.8 Å². The average molecular weight is 239 g/mol. The van der Waals surface area contributed by atoms with Gasteiger partial charge >= 0.3 is 0 Å². The lowest BCUT2D eigenvalue weighted by atomic mass is 10.2. The fourth-order valence-corrected chi connectivity index (χ4v) is 3.34. The molecule has 5 heteroatoms. The zero-order valence-electron chi connectivity index (χ0n) is 9.19. The summed E-state index contributed by atoms with van der Waals surface area (Å²) in [5.74, 6) is 2.39. The minimum absolute atomic E-state index is 0.255. The highest BCUT2D eigenvalue weighted by molar-refractivity contribution is 8.00. The first-order chi connectivity index (χ1) is 6.40. The van der Waals surface area contributed by atoms with Crippen molar-refractivity contribution in [1.82, 2.24) is 0 Å². The molecule has 0 aromatic rings. The van der Waals surface area contributed by atoms with E-state index in [1.54, 1.807) is 25.6 Å². The molecule has 0 rings (SSSR count). The summed E-state index contributed by atoms with van der Waals surface area (Å²) in [5.41, 5.74) is 5.46. The molecule has 0 bridgehead atoms. The lowest BCUT2D eigenvalue weighted by Gasteiger charge is -2.09. The topological polar surface area (TPSA) is 60.2 Å². The van der Waals surface area contributed by atoms with Crippen molar-refractivity contribution in [3.8, 4) is 0 Å². The third kappa shape index (κ3) is 5.88. The molecule has 2 N–H and O–H groups in total. The molecule has 0 saturated heterocycles. The Hall–Kier alpha value is 0.260. The summed E-state index contributed by atoms with van der Waals surface area (Å²) in [7, 11) is -2.85. The maximum absolute atomic E-state index is 11.4. The number of nitrogens with two attached hydrogens (primary N) is 1. The van der Waals surface area contributed by atoms with Gasteiger partial charge in [0.2, 0.25) is 0 Å². The van der Waals surface area contributed by atoms with Crippen LogP contribution >= 0.6 is 11.8 Å². The molecule has 0 amide bonds. The third-order valence-electron chi connectivity index (χ3n) is 2.04. The molecule has 0 spiro atoms. The average Bonchev–Trinajstić information content (AvgIpc) is 2.11. The zero-order valence-corrected chi connectivity index (χ0v) is 10.8. The van der Waals surface area contributed by atoms with Crippen LogP contribution in [-0.4, -0.2) is 37.5 Å². The van der Waals surface area contributed by atoms with Crippen molar-refractivity contribution in [3.05, 3.63) is 0 Å². The molecule has 3 nitrogen and oxygen atoms in total. The van der Waals surface area contributed by atoms with Crippen LogP contribution in [0, 0.1) is 5.92 Å². The van der Waals surface area contributed by atoms with Gasteiger partial charge in [-0.2, -0.15) is 11.8 Å². The first-order valence-corrected chi connectivity index (χ1v) is 7.76. The van der Waals surface area contributed by atoms with E-state index in [1.165, 1.54) is 0 Å². The van der Waals surface area contributed by atoms with Gasteiger partial charge in [0.1, 0.15) is 0 Å². The van der Waals surface area contributed by atoms with Crippen molar-refractivity contribution in [2.24, 2.45) is 11.7 Å². The highest BCUT2D eigenvalue weighted by Crippen LogP contribution is 2.10. The van der Waals surface area contributed by atoms with Gasteiger partial charge in [-0.25, -0.2) is 8.42 Å². The summed E-state index contributed by atoms with van der Waals surface area (Å²) in [6.45, 7) is 6.19. The van der Waals surface area contributed by atoms with Gasteiger partial charge in [0, 0.05) is 5.75 Å². The second-order valence-electron chi connectivity index (χ2n) is 3.83. The monoisotopic (exact) mass is 239 g/mol. The summed E-state index contributed by atoms with van der Waals surface area (Å²) >= 11 is 1.67. The Balaban J connectivity index is 3.65. The number of rotatable bonds is 7. The minimum atomic E-state index is -2.85. The summed E-state index contributed by atoms with van der Waals surface area (Å²) < 4.78 is 22.8. The van der Waals surface area contributed by atoms with Gasteiger partial charge in [-0.05, 0) is 32.1 Å². The summed E-state index contributed by atoms with van der Waals surface area (Å²) in [5, 5.41) is -0.255. The zero-order chi connectivity index (χ0) is 11.2. The minimum Gasteiger partial charge on any atom is -0.330 e. The van der Waals surface area contributed by atoms with Crippen LogP contribution in [0.15, 0.2) is 0 Å². The molecular formula is C9H21NO2S2. The Morgan fingerprint density at radius 2 is 1.86 bits per heavy atom. The van der Waals surface area contributed by atoms with Gasteiger partial charge in [0.25, 0.3) is 0 Å². The molecule has 0 aliphatic heterocycles. The number of sulfone groups is 1. The Morgan fingerprint density at radius 1 is 1.29 bits per heavy atom. The van der Waals surface area contributed by atoms with Crippen molar-refractivity contribution >= 4 is 21.6 Å². The van der Waals surface area contributed by atoms with Gasteiger partial charge in [-0.1, -0.05) is 6.92 Å². The van der Waals surface area contributed by atoms with Crippen molar-refractivity contribution < 1.29 is 8.42 Å². The SMILES string of the molecule is CC(CN)CSCCS(=O)(=O)C(C)C. The summed E-state index contributed by atoms with van der Waals surface area (Å²) in [6, 6.07) is 0. The molecule has 0 aliphatic carbocycles. The number of hydrogen-bond acceptors (Lipinski definition) is 4. The molecule has 0 heterocycles. The van der Waals surface area contributed by atoms with Crippen molar-refractivity contribution in [2.45, 2.75) is 26.0 Å². The molecule has 0 radical (unpaired) electrons. The Morgan fingerprint density at radius 3 is 2.29 bits per heavy atom. The highest BCUT2D eigenvalue weighted by atomic mass is 32.2. The molecule has 0 saturated carbocycles. The van der Waals surface area contributed by atoms with Gasteiger partial charge in [0.05, 0.1) is 11.0 Å². The van der Waals surface area contributed by atoms with Crippen LogP contribution in [0.1, 0.15) is 20.8 Å². The van der Waals surface area contributed by atoms with Crippen LogP contribution < -0.4 is 5.73 Å². The largest absolute Gasteiger partial charge is 0.330 e. The quantitative estimate of drug-likeness (QED) is 0.677. The predicted molar refractivity (Wildman–Crippen MR) is 64.5 cm³/mol. The number of thioether (sulfide) groups is 1. The van der Waals surface area contributed by atoms with Gasteiger partial charge in [0.15, 0.2) is 9.84 Å². The number of hydrogen-bond donors (Lipinski definition) is 1. The van der Waals surface area contributed by atoms with Gasteiger partial charge in [-0.15, -0.1) is 0 Å². The van der Waals surface area contributed by atoms with Crippen LogP contribution in [0.5, 0.6) is 0 Å². The summed E-state index contributed by atoms with van der Waals surface area (Å²) in [4.78, 5) is 0. The Bertz CT molecular complexity index is 237. The lowest BCUT2D eigenvalue weighted by Crippen LogP contribution is -2.20. The molecule has 0 aromatic carbocycles. The summed E-state index contributed by atoms with van der Waals surface area (Å²) in [6.07, 6.45) is 0. The second kappa shape index (κ2) is 6.69. The van der Waals surface area contributed by atoms with E-state index in [1.807, 2.05) is 0 Å². The molecule has 1 atom stereocenters. The van der Waals surface area contributed by atoms with Crippen LogP contribution in [0.2, 0.25) is 0 Å². The normalized spacial score (nSPS) is 14.6. The van der Waals surface area contributed by atoms with E-state index < -0.39 is 9.84 Å². The smallest absolute Gasteiger partial charge is 0.153 e. The van der Waals surface area contributed by atoms with Crippen LogP contribution in [-0.2, 0) is 9.84 Å². The molecule has 1 unspecified atom stereocenters. The Kier molecular flexibility index (Phi) is 6.81. The van der Waals surface area contributed by atoms with Crippen LogP contribution in [0.3, 0.4) is 0 Å². The van der Waals surface area contributed by atoms with E-state index in [9.17, 15) is 8.42 Å². The lowest BCUT2D eigenvalue weighted by molar-refractivity contribution is 0.589. The third-order valence-corrected chi connectivity index (χ3v) is 5.80. The molecule has 14 heavy (non-hydrogen) atoms. The second-order valence-corrected chi connectivity index (χ2v) is 7.66. The molecular weight excluding hydrogens is 218 g/mol. The van der Waals surface area contributed by atoms with E-state index in [2.05, 4.69) is 6.92 Å². The van der Waals surface area contributed by atoms with Crippen LogP contribution in [0.4, 0.5) is 0 Å².